The summed E-state index contributed by atoms with van der Waals surface area (Å²) >= 11 is 5.42. The zero-order chi connectivity index (χ0) is 19.3. The first-order valence-corrected chi connectivity index (χ1v) is 9.43. The van der Waals surface area contributed by atoms with Gasteiger partial charge in [-0.15, -0.1) is 0 Å². The van der Waals surface area contributed by atoms with Gasteiger partial charge in [0.2, 0.25) is 0 Å². The largest absolute Gasteiger partial charge is 0.428 e. The molecule has 1 saturated heterocycles. The van der Waals surface area contributed by atoms with Gasteiger partial charge in [-0.2, -0.15) is 0 Å². The number of amides is 1. The van der Waals surface area contributed by atoms with Crippen LogP contribution in [-0.4, -0.2) is 41.2 Å². The molecule has 4 unspecified atom stereocenters. The molecule has 7 heteroatoms. The number of carbonyl (C=O) groups excluding carboxylic acids is 1. The number of likely N-dealkylation sites (N-methyl/N-ethyl adjacent to an activating group) is 1. The van der Waals surface area contributed by atoms with E-state index in [1.165, 1.54) is 6.07 Å². The van der Waals surface area contributed by atoms with Crippen molar-refractivity contribution >= 4 is 23.2 Å². The molecule has 4 atom stereocenters. The minimum atomic E-state index is -0.444. The number of nitrogens with zero attached hydrogens (tertiary/aromatic N) is 1. The number of rotatable bonds is 2. The molecular weight excluding hydrogens is 365 g/mol. The molecular formula is C20H22FN3O2S. The lowest BCUT2D eigenvalue weighted by Crippen LogP contribution is -2.47. The molecule has 5 nitrogen and oxygen atoms in total. The maximum Gasteiger partial charge on any atom is 0.411 e. The van der Waals surface area contributed by atoms with Crippen molar-refractivity contribution in [1.29, 1.82) is 0 Å². The molecule has 0 bridgehead atoms. The van der Waals surface area contributed by atoms with Gasteiger partial charge in [0.1, 0.15) is 11.9 Å². The summed E-state index contributed by atoms with van der Waals surface area (Å²) in [7, 11) is 1.72. The van der Waals surface area contributed by atoms with Crippen LogP contribution in [0.2, 0.25) is 0 Å². The highest BCUT2D eigenvalue weighted by atomic mass is 32.1. The molecule has 1 fully saturated rings. The monoisotopic (exact) mass is 387 g/mol. The summed E-state index contributed by atoms with van der Waals surface area (Å²) in [5.41, 5.74) is 9.69. The molecule has 1 aliphatic carbocycles. The average molecular weight is 387 g/mol. The summed E-state index contributed by atoms with van der Waals surface area (Å²) in [5, 5.41) is 3.42. The Kier molecular flexibility index (Phi) is 4.61. The van der Waals surface area contributed by atoms with E-state index >= 15 is 0 Å². The molecule has 0 spiro atoms. The fourth-order valence-corrected chi connectivity index (χ4v) is 4.16. The maximum atomic E-state index is 13.8. The Balaban J connectivity index is 1.78. The molecule has 4 rings (SSSR count). The summed E-state index contributed by atoms with van der Waals surface area (Å²) in [4.78, 5) is 14.3. The number of benzene rings is 1. The predicted octanol–water partition coefficient (Wildman–Crippen LogP) is 2.90. The van der Waals surface area contributed by atoms with Crippen LogP contribution in [0.3, 0.4) is 0 Å². The van der Waals surface area contributed by atoms with Crippen LogP contribution < -0.4 is 11.1 Å². The van der Waals surface area contributed by atoms with Crippen molar-refractivity contribution in [2.75, 3.05) is 7.05 Å². The lowest BCUT2D eigenvalue weighted by molar-refractivity contribution is 0.105. The zero-order valence-electron chi connectivity index (χ0n) is 15.2. The lowest BCUT2D eigenvalue weighted by atomic mass is 9.82. The highest BCUT2D eigenvalue weighted by Crippen LogP contribution is 2.38. The number of hydrogen-bond donors (Lipinski definition) is 2. The van der Waals surface area contributed by atoms with Crippen LogP contribution >= 0.6 is 12.2 Å². The summed E-state index contributed by atoms with van der Waals surface area (Å²) in [6.45, 7) is 1.74. The van der Waals surface area contributed by atoms with Gasteiger partial charge in [-0.25, -0.2) is 9.18 Å². The van der Waals surface area contributed by atoms with Crippen molar-refractivity contribution < 1.29 is 13.9 Å². The van der Waals surface area contributed by atoms with Crippen LogP contribution in [0.25, 0.3) is 0 Å². The number of nitrogens with two attached hydrogens (primary N) is 1. The van der Waals surface area contributed by atoms with Crippen molar-refractivity contribution in [2.45, 2.75) is 44.1 Å². The summed E-state index contributed by atoms with van der Waals surface area (Å²) in [6.07, 6.45) is 4.83. The Morgan fingerprint density at radius 2 is 2.19 bits per heavy atom. The van der Waals surface area contributed by atoms with Crippen molar-refractivity contribution in [3.63, 3.8) is 0 Å². The van der Waals surface area contributed by atoms with E-state index in [0.717, 1.165) is 34.4 Å². The van der Waals surface area contributed by atoms with Crippen molar-refractivity contribution in [2.24, 2.45) is 5.73 Å². The number of thiocarbonyl (C=S) groups is 1. The second-order valence-electron chi connectivity index (χ2n) is 7.35. The van der Waals surface area contributed by atoms with Gasteiger partial charge in [0.25, 0.3) is 0 Å². The molecule has 3 N–H and O–H groups in total. The molecule has 2 heterocycles. The molecule has 1 aromatic rings. The third-order valence-corrected chi connectivity index (χ3v) is 5.98. The number of halogens is 1. The second kappa shape index (κ2) is 6.82. The van der Waals surface area contributed by atoms with Gasteiger partial charge in [0.05, 0.1) is 6.04 Å². The molecule has 0 radical (unpaired) electrons. The smallest absolute Gasteiger partial charge is 0.411 e. The van der Waals surface area contributed by atoms with E-state index in [1.54, 1.807) is 24.9 Å². The van der Waals surface area contributed by atoms with E-state index in [-0.39, 0.29) is 30.0 Å². The van der Waals surface area contributed by atoms with Crippen LogP contribution in [0.15, 0.2) is 41.5 Å². The second-order valence-corrected chi connectivity index (χ2v) is 7.82. The lowest BCUT2D eigenvalue weighted by Gasteiger charge is -2.35. The van der Waals surface area contributed by atoms with Gasteiger partial charge >= 0.3 is 6.09 Å². The summed E-state index contributed by atoms with van der Waals surface area (Å²) in [5.74, 6) is -0.242. The molecule has 142 valence electrons. The molecule has 1 aromatic carbocycles. The van der Waals surface area contributed by atoms with E-state index in [0.29, 0.717) is 5.56 Å². The Morgan fingerprint density at radius 3 is 2.89 bits per heavy atom. The third-order valence-electron chi connectivity index (χ3n) is 5.56. The van der Waals surface area contributed by atoms with Gasteiger partial charge in [-0.3, -0.25) is 10.2 Å². The number of ether oxygens (including phenoxy) is 1. The highest BCUT2D eigenvalue weighted by molar-refractivity contribution is 7.80. The van der Waals surface area contributed by atoms with Crippen LogP contribution in [0, 0.1) is 12.7 Å². The Bertz CT molecular complexity index is 882. The van der Waals surface area contributed by atoms with Gasteiger partial charge < -0.3 is 10.5 Å². The van der Waals surface area contributed by atoms with Crippen molar-refractivity contribution in [3.8, 4) is 0 Å². The maximum absolute atomic E-state index is 13.8. The molecule has 27 heavy (non-hydrogen) atoms. The predicted molar refractivity (Wildman–Crippen MR) is 105 cm³/mol. The van der Waals surface area contributed by atoms with Crippen LogP contribution in [0.1, 0.15) is 30.0 Å². The first-order chi connectivity index (χ1) is 12.8. The number of hydrogen-bond acceptors (Lipinski definition) is 5. The van der Waals surface area contributed by atoms with Crippen molar-refractivity contribution in [3.05, 3.63) is 58.4 Å². The van der Waals surface area contributed by atoms with Gasteiger partial charge in [0, 0.05) is 18.0 Å². The zero-order valence-corrected chi connectivity index (χ0v) is 16.1. The molecule has 2 aliphatic heterocycles. The van der Waals surface area contributed by atoms with Gasteiger partial charge in [-0.1, -0.05) is 30.4 Å². The molecule has 0 saturated carbocycles. The van der Waals surface area contributed by atoms with Crippen LogP contribution in [-0.2, 0) is 4.74 Å². The Labute approximate surface area is 163 Å². The fourth-order valence-electron chi connectivity index (χ4n) is 3.90. The van der Waals surface area contributed by atoms with Gasteiger partial charge in [-0.05, 0) is 54.2 Å². The summed E-state index contributed by atoms with van der Waals surface area (Å²) in [6, 6.07) is 4.55. The summed E-state index contributed by atoms with van der Waals surface area (Å²) < 4.78 is 19.2. The number of aryl methyl sites for hydroxylation is 1. The first-order valence-electron chi connectivity index (χ1n) is 9.03. The highest BCUT2D eigenvalue weighted by Gasteiger charge is 2.44. The van der Waals surface area contributed by atoms with E-state index in [4.69, 9.17) is 22.7 Å². The standard InChI is InChI=1S/C20H22FN3O2S/c1-10-7-12(3-5-14(10)21)18-13(11-4-6-15(22)17(27)8-11)9-16-19(23-18)26-20(25)24(16)2/h3,5,7-9,15-16,18-19,23H,4,6,22H2,1-2H3. The topological polar surface area (TPSA) is 67.6 Å². The van der Waals surface area contributed by atoms with E-state index in [9.17, 15) is 9.18 Å². The van der Waals surface area contributed by atoms with Crippen LogP contribution in [0.5, 0.6) is 0 Å². The van der Waals surface area contributed by atoms with Gasteiger partial charge in [0.15, 0.2) is 6.23 Å². The average Bonchev–Trinajstić information content (AvgIpc) is 2.92. The number of carbonyl (C=O) groups is 1. The minimum absolute atomic E-state index is 0.0979. The van der Waals surface area contributed by atoms with E-state index < -0.39 is 6.23 Å². The molecule has 3 aliphatic rings. The molecule has 1 amide bonds. The van der Waals surface area contributed by atoms with Crippen LogP contribution in [0.4, 0.5) is 9.18 Å². The number of fused-ring (bicyclic) bond motifs is 1. The Hall–Kier alpha value is -2.09. The molecule has 0 aromatic heterocycles. The number of nitrogens with one attached hydrogen (secondary N) is 1. The normalized spacial score (nSPS) is 30.6. The quantitative estimate of drug-likeness (QED) is 0.764. The third kappa shape index (κ3) is 3.20. The fraction of sp³-hybridized carbons (Fsp3) is 0.400. The van der Waals surface area contributed by atoms with E-state index in [2.05, 4.69) is 11.4 Å². The van der Waals surface area contributed by atoms with Crippen molar-refractivity contribution in [1.82, 2.24) is 10.2 Å². The minimum Gasteiger partial charge on any atom is -0.428 e. The first kappa shape index (κ1) is 18.3. The Morgan fingerprint density at radius 1 is 1.41 bits per heavy atom. The SMILES string of the molecule is Cc1cc(C2NC3OC(=O)N(C)C3C=C2C2=CC(=S)C(N)CC2)ccc1F. The van der Waals surface area contributed by atoms with E-state index in [1.807, 2.05) is 12.1 Å².